The molecule has 0 aromatic carbocycles. The molecule has 2 heterocycles. The average molecular weight is 180 g/mol. The van der Waals surface area contributed by atoms with Crippen LogP contribution >= 0.6 is 0 Å². The minimum atomic E-state index is 0.157. The number of carbonyl (C=O) groups is 1. The summed E-state index contributed by atoms with van der Waals surface area (Å²) in [5.41, 5.74) is 7.09. The molecule has 3 aliphatic rings. The van der Waals surface area contributed by atoms with E-state index in [2.05, 4.69) is 6.08 Å². The van der Waals surface area contributed by atoms with E-state index in [1.54, 1.807) is 6.92 Å². The van der Waals surface area contributed by atoms with Crippen molar-refractivity contribution < 1.29 is 4.79 Å². The SMILES string of the molecule is CC(=O)N1CC2CC=C1C[C@@H](N)C2. The summed E-state index contributed by atoms with van der Waals surface area (Å²) in [6, 6.07) is 0.253. The number of amides is 1. The Labute approximate surface area is 78.6 Å². The molecule has 1 amide bonds. The van der Waals surface area contributed by atoms with Gasteiger partial charge in [-0.3, -0.25) is 4.79 Å². The summed E-state index contributed by atoms with van der Waals surface area (Å²) in [7, 11) is 0. The molecule has 3 rings (SSSR count). The van der Waals surface area contributed by atoms with Crippen molar-refractivity contribution in [2.75, 3.05) is 6.54 Å². The van der Waals surface area contributed by atoms with Crippen molar-refractivity contribution in [2.45, 2.75) is 32.2 Å². The smallest absolute Gasteiger partial charge is 0.223 e. The summed E-state index contributed by atoms with van der Waals surface area (Å²) < 4.78 is 0. The van der Waals surface area contributed by atoms with Crippen molar-refractivity contribution in [3.05, 3.63) is 11.8 Å². The number of rotatable bonds is 0. The second kappa shape index (κ2) is 3.14. The topological polar surface area (TPSA) is 46.3 Å². The quantitative estimate of drug-likeness (QED) is 0.601. The van der Waals surface area contributed by atoms with Crippen LogP contribution in [0.5, 0.6) is 0 Å². The molecule has 3 heteroatoms. The Morgan fingerprint density at radius 3 is 3.15 bits per heavy atom. The predicted octanol–water partition coefficient (Wildman–Crippen LogP) is 0.860. The minimum Gasteiger partial charge on any atom is -0.327 e. The van der Waals surface area contributed by atoms with E-state index in [0.717, 1.165) is 31.5 Å². The number of hydrogen-bond acceptors (Lipinski definition) is 2. The van der Waals surface area contributed by atoms with Crippen molar-refractivity contribution in [3.8, 4) is 0 Å². The molecule has 2 atom stereocenters. The monoisotopic (exact) mass is 180 g/mol. The summed E-state index contributed by atoms with van der Waals surface area (Å²) in [5, 5.41) is 0. The fourth-order valence-electron chi connectivity index (χ4n) is 2.34. The van der Waals surface area contributed by atoms with E-state index in [4.69, 9.17) is 5.73 Å². The third kappa shape index (κ3) is 1.61. The molecule has 0 saturated carbocycles. The van der Waals surface area contributed by atoms with Gasteiger partial charge in [0.2, 0.25) is 5.91 Å². The first kappa shape index (κ1) is 8.75. The second-order valence-electron chi connectivity index (χ2n) is 4.13. The van der Waals surface area contributed by atoms with Crippen molar-refractivity contribution in [1.82, 2.24) is 4.90 Å². The average Bonchev–Trinajstić information content (AvgIpc) is 2.31. The van der Waals surface area contributed by atoms with Crippen LogP contribution in [0.4, 0.5) is 0 Å². The maximum Gasteiger partial charge on any atom is 0.223 e. The van der Waals surface area contributed by atoms with Crippen molar-refractivity contribution in [1.29, 1.82) is 0 Å². The lowest BCUT2D eigenvalue weighted by atomic mass is 9.98. The largest absolute Gasteiger partial charge is 0.327 e. The highest BCUT2D eigenvalue weighted by Gasteiger charge is 2.30. The van der Waals surface area contributed by atoms with Gasteiger partial charge in [-0.15, -0.1) is 0 Å². The highest BCUT2D eigenvalue weighted by atomic mass is 16.2. The van der Waals surface area contributed by atoms with Gasteiger partial charge >= 0.3 is 0 Å². The van der Waals surface area contributed by atoms with Crippen LogP contribution in [0.3, 0.4) is 0 Å². The molecular formula is C10H16N2O. The standard InChI is InChI=1S/C10H16N2O/c1-7(13)12-6-8-2-3-10(12)5-9(11)4-8/h3,8-9H,2,4-6,11H2,1H3/t8?,9-/m0/s1. The van der Waals surface area contributed by atoms with Gasteiger partial charge in [0.25, 0.3) is 0 Å². The molecular weight excluding hydrogens is 164 g/mol. The number of allylic oxidation sites excluding steroid dienone is 1. The van der Waals surface area contributed by atoms with E-state index in [-0.39, 0.29) is 11.9 Å². The van der Waals surface area contributed by atoms with E-state index in [0.29, 0.717) is 5.92 Å². The molecule has 0 radical (unpaired) electrons. The molecule has 13 heavy (non-hydrogen) atoms. The maximum atomic E-state index is 11.3. The number of nitrogens with zero attached hydrogens (tertiary/aromatic N) is 1. The first-order chi connectivity index (χ1) is 6.16. The molecule has 0 aromatic heterocycles. The molecule has 0 aromatic rings. The van der Waals surface area contributed by atoms with Crippen LogP contribution in [0.15, 0.2) is 11.8 Å². The first-order valence-electron chi connectivity index (χ1n) is 4.89. The minimum absolute atomic E-state index is 0.157. The van der Waals surface area contributed by atoms with Crippen LogP contribution < -0.4 is 5.73 Å². The molecule has 2 N–H and O–H groups in total. The third-order valence-electron chi connectivity index (χ3n) is 2.96. The summed E-state index contributed by atoms with van der Waals surface area (Å²) in [5.74, 6) is 0.746. The van der Waals surface area contributed by atoms with E-state index >= 15 is 0 Å². The lowest BCUT2D eigenvalue weighted by Crippen LogP contribution is -2.33. The maximum absolute atomic E-state index is 11.3. The Morgan fingerprint density at radius 2 is 2.46 bits per heavy atom. The zero-order chi connectivity index (χ0) is 9.42. The van der Waals surface area contributed by atoms with Gasteiger partial charge in [0.05, 0.1) is 0 Å². The van der Waals surface area contributed by atoms with Crippen molar-refractivity contribution in [3.63, 3.8) is 0 Å². The molecule has 2 aliphatic heterocycles. The Morgan fingerprint density at radius 1 is 1.69 bits per heavy atom. The second-order valence-corrected chi connectivity index (χ2v) is 4.13. The van der Waals surface area contributed by atoms with Gasteiger partial charge in [-0.1, -0.05) is 6.08 Å². The van der Waals surface area contributed by atoms with Gasteiger partial charge in [-0.25, -0.2) is 0 Å². The number of hydrogen-bond donors (Lipinski definition) is 1. The van der Waals surface area contributed by atoms with Gasteiger partial charge in [0.1, 0.15) is 0 Å². The predicted molar refractivity (Wildman–Crippen MR) is 50.8 cm³/mol. The summed E-state index contributed by atoms with van der Waals surface area (Å²) >= 11 is 0. The first-order valence-corrected chi connectivity index (χ1v) is 4.89. The number of fused-ring (bicyclic) bond motifs is 4. The lowest BCUT2D eigenvalue weighted by Gasteiger charge is -2.28. The molecule has 3 nitrogen and oxygen atoms in total. The van der Waals surface area contributed by atoms with Crippen LogP contribution in [0.2, 0.25) is 0 Å². The fraction of sp³-hybridized carbons (Fsp3) is 0.700. The highest BCUT2D eigenvalue weighted by molar-refractivity contribution is 5.75. The molecule has 1 unspecified atom stereocenters. The van der Waals surface area contributed by atoms with Crippen molar-refractivity contribution >= 4 is 5.91 Å². The summed E-state index contributed by atoms with van der Waals surface area (Å²) in [6.07, 6.45) is 5.22. The molecule has 1 saturated heterocycles. The zero-order valence-electron chi connectivity index (χ0n) is 7.99. The van der Waals surface area contributed by atoms with Gasteiger partial charge in [-0.05, 0) is 18.8 Å². The Hall–Kier alpha value is -0.830. The van der Waals surface area contributed by atoms with Gasteiger partial charge in [0, 0.05) is 31.6 Å². The highest BCUT2D eigenvalue weighted by Crippen LogP contribution is 2.31. The van der Waals surface area contributed by atoms with Gasteiger partial charge in [-0.2, -0.15) is 0 Å². The zero-order valence-corrected chi connectivity index (χ0v) is 7.99. The summed E-state index contributed by atoms with van der Waals surface area (Å²) in [4.78, 5) is 13.2. The van der Waals surface area contributed by atoms with Gasteiger partial charge in [0.15, 0.2) is 0 Å². The Balaban J connectivity index is 2.23. The molecule has 72 valence electrons. The normalized spacial score (nSPS) is 32.8. The third-order valence-corrected chi connectivity index (χ3v) is 2.96. The van der Waals surface area contributed by atoms with Gasteiger partial charge < -0.3 is 10.6 Å². The number of carbonyl (C=O) groups excluding carboxylic acids is 1. The van der Waals surface area contributed by atoms with Crippen LogP contribution in [-0.2, 0) is 4.79 Å². The van der Waals surface area contributed by atoms with Crippen LogP contribution in [0.1, 0.15) is 26.2 Å². The fourth-order valence-corrected chi connectivity index (χ4v) is 2.34. The molecule has 2 bridgehead atoms. The Bertz CT molecular complexity index is 260. The molecule has 1 fully saturated rings. The van der Waals surface area contributed by atoms with E-state index in [9.17, 15) is 4.79 Å². The number of nitrogens with two attached hydrogens (primary N) is 1. The van der Waals surface area contributed by atoms with Crippen LogP contribution in [0, 0.1) is 5.92 Å². The summed E-state index contributed by atoms with van der Waals surface area (Å²) in [6.45, 7) is 2.52. The van der Waals surface area contributed by atoms with Crippen molar-refractivity contribution in [2.24, 2.45) is 11.7 Å². The Kier molecular flexibility index (Phi) is 2.12. The van der Waals surface area contributed by atoms with E-state index < -0.39 is 0 Å². The molecule has 1 aliphatic carbocycles. The van der Waals surface area contributed by atoms with E-state index in [1.807, 2.05) is 4.90 Å². The van der Waals surface area contributed by atoms with E-state index in [1.165, 1.54) is 0 Å². The lowest BCUT2D eigenvalue weighted by molar-refractivity contribution is -0.127. The molecule has 0 spiro atoms. The van der Waals surface area contributed by atoms with Crippen LogP contribution in [0.25, 0.3) is 0 Å². The van der Waals surface area contributed by atoms with Crippen LogP contribution in [-0.4, -0.2) is 23.4 Å².